The molecule has 1 heterocycles. The van der Waals surface area contributed by atoms with Crippen molar-refractivity contribution in [1.82, 2.24) is 9.21 Å². The molecule has 162 valence electrons. The Kier molecular flexibility index (Phi) is 6.71. The van der Waals surface area contributed by atoms with Crippen molar-refractivity contribution in [3.8, 4) is 0 Å². The molecule has 0 aromatic heterocycles. The van der Waals surface area contributed by atoms with E-state index in [4.69, 9.17) is 11.6 Å². The van der Waals surface area contributed by atoms with Crippen molar-refractivity contribution in [1.29, 1.82) is 0 Å². The molecule has 0 atom stereocenters. The third-order valence-corrected chi connectivity index (χ3v) is 7.93. The number of carbonyl (C=O) groups is 1. The molecule has 0 aliphatic carbocycles. The van der Waals surface area contributed by atoms with Crippen LogP contribution in [0.3, 0.4) is 0 Å². The number of anilines is 1. The molecule has 0 radical (unpaired) electrons. The van der Waals surface area contributed by atoms with E-state index in [0.717, 1.165) is 6.26 Å². The average molecular weight is 472 g/mol. The van der Waals surface area contributed by atoms with Crippen molar-refractivity contribution in [2.45, 2.75) is 16.2 Å². The van der Waals surface area contributed by atoms with Crippen LogP contribution >= 0.6 is 11.6 Å². The van der Waals surface area contributed by atoms with Gasteiger partial charge in [-0.1, -0.05) is 23.7 Å². The minimum Gasteiger partial charge on any atom is -0.323 e. The maximum Gasteiger partial charge on any atom is 0.321 e. The van der Waals surface area contributed by atoms with Crippen molar-refractivity contribution in [3.63, 3.8) is 0 Å². The van der Waals surface area contributed by atoms with Gasteiger partial charge in [-0.05, 0) is 42.8 Å². The maximum absolute atomic E-state index is 13.0. The first kappa shape index (κ1) is 22.5. The Labute approximate surface area is 181 Å². The van der Waals surface area contributed by atoms with Crippen LogP contribution in [0.25, 0.3) is 0 Å². The van der Waals surface area contributed by atoms with Crippen LogP contribution in [0.2, 0.25) is 5.02 Å². The van der Waals surface area contributed by atoms with Gasteiger partial charge in [-0.25, -0.2) is 21.6 Å². The van der Waals surface area contributed by atoms with Gasteiger partial charge in [-0.3, -0.25) is 0 Å². The third-order valence-electron chi connectivity index (χ3n) is 4.69. The van der Waals surface area contributed by atoms with Gasteiger partial charge in [0.15, 0.2) is 9.84 Å². The van der Waals surface area contributed by atoms with E-state index in [2.05, 4.69) is 5.32 Å². The fourth-order valence-electron chi connectivity index (χ4n) is 3.12. The van der Waals surface area contributed by atoms with Gasteiger partial charge in [0.25, 0.3) is 0 Å². The SMILES string of the molecule is CS(=O)(=O)c1cccc(S(=O)(=O)N2CCCN(C(=O)Nc3cccc(Cl)c3)CC2)c1. The predicted molar refractivity (Wildman–Crippen MR) is 115 cm³/mol. The van der Waals surface area contributed by atoms with Crippen LogP contribution in [0.4, 0.5) is 10.5 Å². The first-order chi connectivity index (χ1) is 14.1. The van der Waals surface area contributed by atoms with Gasteiger partial charge in [0.1, 0.15) is 0 Å². The Morgan fingerprint density at radius 1 is 0.933 bits per heavy atom. The van der Waals surface area contributed by atoms with Crippen molar-refractivity contribution in [3.05, 3.63) is 53.6 Å². The molecule has 1 aliphatic rings. The van der Waals surface area contributed by atoms with Crippen LogP contribution in [0, 0.1) is 0 Å². The molecule has 3 rings (SSSR count). The lowest BCUT2D eigenvalue weighted by Gasteiger charge is -2.22. The number of amides is 2. The van der Waals surface area contributed by atoms with Crippen LogP contribution in [-0.2, 0) is 19.9 Å². The number of hydrogen-bond acceptors (Lipinski definition) is 5. The first-order valence-corrected chi connectivity index (χ1v) is 12.9. The molecule has 8 nitrogen and oxygen atoms in total. The lowest BCUT2D eigenvalue weighted by molar-refractivity contribution is 0.214. The zero-order chi connectivity index (χ0) is 21.9. The minimum atomic E-state index is -3.89. The normalized spacial score (nSPS) is 16.1. The summed E-state index contributed by atoms with van der Waals surface area (Å²) in [5, 5.41) is 3.25. The highest BCUT2D eigenvalue weighted by molar-refractivity contribution is 7.91. The number of nitrogens with zero attached hydrogens (tertiary/aromatic N) is 2. The number of hydrogen-bond donors (Lipinski definition) is 1. The molecule has 0 saturated carbocycles. The standard InChI is InChI=1S/C19H22ClN3O5S2/c1-29(25,26)17-7-3-8-18(14-17)30(27,28)23-10-4-9-22(11-12-23)19(24)21-16-6-2-5-15(20)13-16/h2-3,5-8,13-14H,4,9-12H2,1H3,(H,21,24). The molecule has 2 aromatic rings. The molecule has 1 fully saturated rings. The van der Waals surface area contributed by atoms with E-state index in [9.17, 15) is 21.6 Å². The molecule has 1 N–H and O–H groups in total. The second-order valence-electron chi connectivity index (χ2n) is 6.93. The smallest absolute Gasteiger partial charge is 0.321 e. The summed E-state index contributed by atoms with van der Waals surface area (Å²) in [4.78, 5) is 14.0. The van der Waals surface area contributed by atoms with Gasteiger partial charge in [-0.15, -0.1) is 0 Å². The summed E-state index contributed by atoms with van der Waals surface area (Å²) in [5.41, 5.74) is 0.554. The molecule has 30 heavy (non-hydrogen) atoms. The van der Waals surface area contributed by atoms with E-state index in [1.165, 1.54) is 28.6 Å². The summed E-state index contributed by atoms with van der Waals surface area (Å²) < 4.78 is 50.9. The zero-order valence-corrected chi connectivity index (χ0v) is 18.7. The number of nitrogens with one attached hydrogen (secondary N) is 1. The fraction of sp³-hybridized carbons (Fsp3) is 0.316. The Hall–Kier alpha value is -2.14. The number of carbonyl (C=O) groups excluding carboxylic acids is 1. The summed E-state index contributed by atoms with van der Waals surface area (Å²) in [5.74, 6) is 0. The topological polar surface area (TPSA) is 104 Å². The number of sulfonamides is 1. The van der Waals surface area contributed by atoms with E-state index in [1.807, 2.05) is 0 Å². The number of sulfone groups is 1. The maximum atomic E-state index is 13.0. The molecule has 1 saturated heterocycles. The summed E-state index contributed by atoms with van der Waals surface area (Å²) >= 11 is 5.93. The van der Waals surface area contributed by atoms with Crippen LogP contribution in [0.15, 0.2) is 58.3 Å². The second kappa shape index (κ2) is 8.93. The highest BCUT2D eigenvalue weighted by Gasteiger charge is 2.29. The van der Waals surface area contributed by atoms with Gasteiger partial charge in [-0.2, -0.15) is 4.31 Å². The predicted octanol–water partition coefficient (Wildman–Crippen LogP) is 2.67. The van der Waals surface area contributed by atoms with Gasteiger partial charge >= 0.3 is 6.03 Å². The largest absolute Gasteiger partial charge is 0.323 e. The molecule has 11 heteroatoms. The molecular formula is C19H22ClN3O5S2. The zero-order valence-electron chi connectivity index (χ0n) is 16.3. The van der Waals surface area contributed by atoms with E-state index < -0.39 is 19.9 Å². The van der Waals surface area contributed by atoms with Gasteiger partial charge < -0.3 is 10.2 Å². The lowest BCUT2D eigenvalue weighted by Crippen LogP contribution is -2.39. The second-order valence-corrected chi connectivity index (χ2v) is 11.3. The summed E-state index contributed by atoms with van der Waals surface area (Å²) in [6, 6.07) is 11.7. The first-order valence-electron chi connectivity index (χ1n) is 9.19. The van der Waals surface area contributed by atoms with Crippen LogP contribution < -0.4 is 5.32 Å². The van der Waals surface area contributed by atoms with Crippen molar-refractivity contribution < 1.29 is 21.6 Å². The summed E-state index contributed by atoms with van der Waals surface area (Å²) in [6.45, 7) is 0.931. The fourth-order valence-corrected chi connectivity index (χ4v) is 5.57. The number of urea groups is 1. The van der Waals surface area contributed by atoms with E-state index in [0.29, 0.717) is 23.7 Å². The van der Waals surface area contributed by atoms with Crippen molar-refractivity contribution in [2.75, 3.05) is 37.8 Å². The van der Waals surface area contributed by atoms with E-state index in [-0.39, 0.29) is 35.5 Å². The quantitative estimate of drug-likeness (QED) is 0.738. The molecule has 0 unspecified atom stereocenters. The molecule has 0 bridgehead atoms. The van der Waals surface area contributed by atoms with Crippen LogP contribution in [0.1, 0.15) is 6.42 Å². The van der Waals surface area contributed by atoms with Crippen molar-refractivity contribution in [2.24, 2.45) is 0 Å². The highest BCUT2D eigenvalue weighted by atomic mass is 35.5. The Balaban J connectivity index is 1.72. The van der Waals surface area contributed by atoms with Gasteiger partial charge in [0, 0.05) is 43.1 Å². The molecule has 2 amide bonds. The van der Waals surface area contributed by atoms with E-state index in [1.54, 1.807) is 29.2 Å². The van der Waals surface area contributed by atoms with Crippen LogP contribution in [-0.4, -0.2) is 64.5 Å². The third kappa shape index (κ3) is 5.31. The molecule has 0 spiro atoms. The van der Waals surface area contributed by atoms with Gasteiger partial charge in [0.05, 0.1) is 9.79 Å². The highest BCUT2D eigenvalue weighted by Crippen LogP contribution is 2.21. The Morgan fingerprint density at radius 2 is 1.63 bits per heavy atom. The summed E-state index contributed by atoms with van der Waals surface area (Å²) in [7, 11) is -7.42. The monoisotopic (exact) mass is 471 g/mol. The number of rotatable bonds is 4. The van der Waals surface area contributed by atoms with E-state index >= 15 is 0 Å². The molecular weight excluding hydrogens is 450 g/mol. The number of benzene rings is 2. The number of halogens is 1. The van der Waals surface area contributed by atoms with Crippen LogP contribution in [0.5, 0.6) is 0 Å². The Bertz CT molecular complexity index is 1150. The average Bonchev–Trinajstić information content (AvgIpc) is 2.94. The van der Waals surface area contributed by atoms with Crippen molar-refractivity contribution >= 4 is 43.2 Å². The minimum absolute atomic E-state index is 0.0547. The molecule has 1 aliphatic heterocycles. The lowest BCUT2D eigenvalue weighted by atomic mass is 10.3. The van der Waals surface area contributed by atoms with Gasteiger partial charge in [0.2, 0.25) is 10.0 Å². The molecule has 2 aromatic carbocycles. The Morgan fingerprint density at radius 3 is 2.33 bits per heavy atom. The summed E-state index contributed by atoms with van der Waals surface area (Å²) in [6.07, 6.45) is 1.48.